The number of carbonyl (C=O) groups excluding carboxylic acids is 1. The average molecular weight is 314 g/mol. The summed E-state index contributed by atoms with van der Waals surface area (Å²) in [5.41, 5.74) is -0.457. The Hall–Kier alpha value is -0.750. The standard InChI is InChI=1S/C15H26N2O3S/c1-21-11-12(13(18)19)16-14(20)15(7-3-2-4-8-15)17-9-5-6-10-17/h12H,2-11H2,1H3,(H,16,20)(H,18,19)/t12-/m0/s1. The molecule has 1 amide bonds. The molecule has 0 aromatic carbocycles. The van der Waals surface area contributed by atoms with Gasteiger partial charge in [-0.3, -0.25) is 9.69 Å². The lowest BCUT2D eigenvalue weighted by molar-refractivity contribution is -0.144. The second kappa shape index (κ2) is 7.49. The highest BCUT2D eigenvalue weighted by atomic mass is 32.2. The maximum atomic E-state index is 12.9. The SMILES string of the molecule is CSC[C@H](NC(=O)C1(N2CCCC2)CCCCC1)C(=O)O. The first-order valence-corrected chi connectivity index (χ1v) is 9.27. The number of thioether (sulfide) groups is 1. The molecule has 0 radical (unpaired) electrons. The number of nitrogens with one attached hydrogen (secondary N) is 1. The van der Waals surface area contributed by atoms with E-state index in [2.05, 4.69) is 10.2 Å². The molecule has 0 aromatic heterocycles. The maximum Gasteiger partial charge on any atom is 0.327 e. The van der Waals surface area contributed by atoms with Crippen LogP contribution in [0.2, 0.25) is 0 Å². The molecule has 2 rings (SSSR count). The number of hydrogen-bond acceptors (Lipinski definition) is 4. The van der Waals surface area contributed by atoms with Crippen LogP contribution in [-0.4, -0.2) is 58.6 Å². The number of amides is 1. The molecule has 1 saturated heterocycles. The molecule has 1 aliphatic carbocycles. The van der Waals surface area contributed by atoms with E-state index < -0.39 is 17.6 Å². The minimum absolute atomic E-state index is 0.0643. The Labute approximate surface area is 130 Å². The zero-order valence-corrected chi connectivity index (χ0v) is 13.6. The predicted molar refractivity (Wildman–Crippen MR) is 84.6 cm³/mol. The highest BCUT2D eigenvalue weighted by Gasteiger charge is 2.46. The largest absolute Gasteiger partial charge is 0.480 e. The molecule has 0 unspecified atom stereocenters. The minimum atomic E-state index is -0.940. The Morgan fingerprint density at radius 2 is 1.81 bits per heavy atom. The van der Waals surface area contributed by atoms with E-state index in [-0.39, 0.29) is 5.91 Å². The summed E-state index contributed by atoms with van der Waals surface area (Å²) in [6, 6.07) is -0.783. The molecule has 120 valence electrons. The zero-order valence-electron chi connectivity index (χ0n) is 12.8. The van der Waals surface area contributed by atoms with E-state index >= 15 is 0 Å². The topological polar surface area (TPSA) is 69.6 Å². The first kappa shape index (κ1) is 16.6. The Bertz CT molecular complexity index is 377. The number of hydrogen-bond donors (Lipinski definition) is 2. The Kier molecular flexibility index (Phi) is 5.93. The molecule has 2 aliphatic rings. The molecular weight excluding hydrogens is 288 g/mol. The summed E-state index contributed by atoms with van der Waals surface area (Å²) < 4.78 is 0. The third kappa shape index (κ3) is 3.72. The monoisotopic (exact) mass is 314 g/mol. The lowest BCUT2D eigenvalue weighted by atomic mass is 9.79. The summed E-state index contributed by atoms with van der Waals surface area (Å²) in [5.74, 6) is -0.590. The van der Waals surface area contributed by atoms with Crippen molar-refractivity contribution >= 4 is 23.6 Å². The molecular formula is C15H26N2O3S. The fourth-order valence-electron chi connectivity index (χ4n) is 3.60. The average Bonchev–Trinajstić information content (AvgIpc) is 3.02. The quantitative estimate of drug-likeness (QED) is 0.781. The molecule has 0 bridgehead atoms. The van der Waals surface area contributed by atoms with Gasteiger partial charge in [-0.25, -0.2) is 4.79 Å². The fourth-order valence-corrected chi connectivity index (χ4v) is 4.16. The van der Waals surface area contributed by atoms with Crippen LogP contribution in [0.1, 0.15) is 44.9 Å². The Balaban J connectivity index is 2.11. The normalized spacial score (nSPS) is 23.7. The number of carbonyl (C=O) groups is 2. The number of rotatable bonds is 6. The lowest BCUT2D eigenvalue weighted by Crippen LogP contribution is -2.61. The van der Waals surface area contributed by atoms with Gasteiger partial charge in [-0.05, 0) is 45.0 Å². The molecule has 1 aliphatic heterocycles. The second-order valence-corrected chi connectivity index (χ2v) is 7.02. The lowest BCUT2D eigenvalue weighted by Gasteiger charge is -2.43. The molecule has 21 heavy (non-hydrogen) atoms. The van der Waals surface area contributed by atoms with Crippen molar-refractivity contribution in [2.75, 3.05) is 25.1 Å². The van der Waals surface area contributed by atoms with Crippen LogP contribution < -0.4 is 5.32 Å². The predicted octanol–water partition coefficient (Wildman–Crippen LogP) is 1.72. The zero-order chi connectivity index (χ0) is 15.3. The van der Waals surface area contributed by atoms with Gasteiger partial charge >= 0.3 is 5.97 Å². The van der Waals surface area contributed by atoms with Gasteiger partial charge in [0.15, 0.2) is 0 Å². The number of nitrogens with zero attached hydrogens (tertiary/aromatic N) is 1. The van der Waals surface area contributed by atoms with Crippen molar-refractivity contribution in [3.05, 3.63) is 0 Å². The Morgan fingerprint density at radius 1 is 1.19 bits per heavy atom. The maximum absolute atomic E-state index is 12.9. The summed E-state index contributed by atoms with van der Waals surface area (Å²) in [6.07, 6.45) is 9.17. The van der Waals surface area contributed by atoms with Gasteiger partial charge in [-0.2, -0.15) is 11.8 Å². The molecule has 2 fully saturated rings. The molecule has 6 heteroatoms. The molecule has 0 spiro atoms. The van der Waals surface area contributed by atoms with Crippen molar-refractivity contribution in [3.8, 4) is 0 Å². The van der Waals surface area contributed by atoms with Crippen LogP contribution in [0.4, 0.5) is 0 Å². The number of carboxylic acid groups (broad SMARTS) is 1. The number of likely N-dealkylation sites (tertiary alicyclic amines) is 1. The summed E-state index contributed by atoms with van der Waals surface area (Å²) >= 11 is 1.45. The van der Waals surface area contributed by atoms with E-state index in [0.717, 1.165) is 51.6 Å². The summed E-state index contributed by atoms with van der Waals surface area (Å²) in [7, 11) is 0. The summed E-state index contributed by atoms with van der Waals surface area (Å²) in [4.78, 5) is 26.5. The van der Waals surface area contributed by atoms with Gasteiger partial charge in [0.25, 0.3) is 0 Å². The van der Waals surface area contributed by atoms with E-state index in [1.807, 2.05) is 6.26 Å². The van der Waals surface area contributed by atoms with Gasteiger partial charge in [0.05, 0.1) is 0 Å². The van der Waals surface area contributed by atoms with Crippen LogP contribution in [0.3, 0.4) is 0 Å². The number of aliphatic carboxylic acids is 1. The van der Waals surface area contributed by atoms with E-state index in [1.54, 1.807) is 0 Å². The van der Waals surface area contributed by atoms with Crippen molar-refractivity contribution in [1.29, 1.82) is 0 Å². The van der Waals surface area contributed by atoms with Crippen molar-refractivity contribution in [2.45, 2.75) is 56.5 Å². The fraction of sp³-hybridized carbons (Fsp3) is 0.867. The van der Waals surface area contributed by atoms with Crippen LogP contribution in [0.15, 0.2) is 0 Å². The van der Waals surface area contributed by atoms with Crippen LogP contribution >= 0.6 is 11.8 Å². The van der Waals surface area contributed by atoms with Crippen molar-refractivity contribution < 1.29 is 14.7 Å². The third-order valence-electron chi connectivity index (χ3n) is 4.75. The van der Waals surface area contributed by atoms with Gasteiger partial charge in [0.1, 0.15) is 11.6 Å². The van der Waals surface area contributed by atoms with E-state index in [4.69, 9.17) is 0 Å². The molecule has 1 heterocycles. The number of carboxylic acids is 1. The first-order chi connectivity index (χ1) is 10.1. The Morgan fingerprint density at radius 3 is 2.33 bits per heavy atom. The molecule has 1 saturated carbocycles. The molecule has 1 atom stereocenters. The third-order valence-corrected chi connectivity index (χ3v) is 5.42. The van der Waals surface area contributed by atoms with Gasteiger partial charge in [-0.15, -0.1) is 0 Å². The van der Waals surface area contributed by atoms with Crippen LogP contribution in [-0.2, 0) is 9.59 Å². The summed E-state index contributed by atoms with van der Waals surface area (Å²) in [6.45, 7) is 1.93. The molecule has 5 nitrogen and oxygen atoms in total. The second-order valence-electron chi connectivity index (χ2n) is 6.11. The molecule has 2 N–H and O–H groups in total. The minimum Gasteiger partial charge on any atom is -0.480 e. The highest BCUT2D eigenvalue weighted by Crippen LogP contribution is 2.36. The van der Waals surface area contributed by atoms with Gasteiger partial charge in [0.2, 0.25) is 5.91 Å². The van der Waals surface area contributed by atoms with Crippen molar-refractivity contribution in [3.63, 3.8) is 0 Å². The van der Waals surface area contributed by atoms with E-state index in [1.165, 1.54) is 18.2 Å². The van der Waals surface area contributed by atoms with Crippen LogP contribution in [0.25, 0.3) is 0 Å². The smallest absolute Gasteiger partial charge is 0.327 e. The summed E-state index contributed by atoms with van der Waals surface area (Å²) in [5, 5.41) is 12.1. The van der Waals surface area contributed by atoms with Crippen LogP contribution in [0, 0.1) is 0 Å². The van der Waals surface area contributed by atoms with E-state index in [9.17, 15) is 14.7 Å². The highest BCUT2D eigenvalue weighted by molar-refractivity contribution is 7.98. The van der Waals surface area contributed by atoms with Crippen LogP contribution in [0.5, 0.6) is 0 Å². The van der Waals surface area contributed by atoms with Gasteiger partial charge < -0.3 is 10.4 Å². The van der Waals surface area contributed by atoms with Gasteiger partial charge in [-0.1, -0.05) is 19.3 Å². The first-order valence-electron chi connectivity index (χ1n) is 7.88. The van der Waals surface area contributed by atoms with E-state index in [0.29, 0.717) is 5.75 Å². The van der Waals surface area contributed by atoms with Crippen molar-refractivity contribution in [1.82, 2.24) is 10.2 Å². The van der Waals surface area contributed by atoms with Gasteiger partial charge in [0, 0.05) is 5.75 Å². The van der Waals surface area contributed by atoms with Crippen molar-refractivity contribution in [2.24, 2.45) is 0 Å². The molecule has 0 aromatic rings.